The van der Waals surface area contributed by atoms with E-state index in [0.717, 1.165) is 23.6 Å². The maximum Gasteiger partial charge on any atom is 0.269 e. The number of hydrogen-bond acceptors (Lipinski definition) is 5. The zero-order valence-corrected chi connectivity index (χ0v) is 14.8. The van der Waals surface area contributed by atoms with Gasteiger partial charge < -0.3 is 15.4 Å². The second-order valence-electron chi connectivity index (χ2n) is 5.73. The molecule has 1 aromatic carbocycles. The molecule has 3 rings (SSSR count). The van der Waals surface area contributed by atoms with Crippen molar-refractivity contribution in [1.29, 1.82) is 0 Å². The highest BCUT2D eigenvalue weighted by Crippen LogP contribution is 2.14. The molecule has 0 bridgehead atoms. The molecule has 2 heterocycles. The Balaban J connectivity index is 1.55. The first-order chi connectivity index (χ1) is 12.7. The van der Waals surface area contributed by atoms with Crippen molar-refractivity contribution in [1.82, 2.24) is 20.1 Å². The molecule has 0 fully saturated rings. The number of amides is 1. The minimum absolute atomic E-state index is 0.202. The fourth-order valence-corrected chi connectivity index (χ4v) is 2.46. The molecule has 0 atom stereocenters. The van der Waals surface area contributed by atoms with E-state index in [1.165, 1.54) is 0 Å². The van der Waals surface area contributed by atoms with Gasteiger partial charge in [0, 0.05) is 19.7 Å². The molecular formula is C19H21N5O2. The summed E-state index contributed by atoms with van der Waals surface area (Å²) >= 11 is 0. The van der Waals surface area contributed by atoms with E-state index in [1.807, 2.05) is 37.4 Å². The number of carbonyl (C=O) groups is 1. The highest BCUT2D eigenvalue weighted by atomic mass is 16.5. The maximum atomic E-state index is 12.3. The number of anilines is 2. The Morgan fingerprint density at radius 1 is 1.15 bits per heavy atom. The third-order valence-electron chi connectivity index (χ3n) is 3.92. The number of rotatable bonds is 7. The van der Waals surface area contributed by atoms with Gasteiger partial charge in [0.05, 0.1) is 13.3 Å². The van der Waals surface area contributed by atoms with Crippen molar-refractivity contribution in [3.8, 4) is 5.75 Å². The lowest BCUT2D eigenvalue weighted by Gasteiger charge is -2.08. The van der Waals surface area contributed by atoms with E-state index in [0.29, 0.717) is 18.1 Å². The second kappa shape index (κ2) is 8.15. The smallest absolute Gasteiger partial charge is 0.269 e. The Bertz CT molecular complexity index is 874. The number of nitrogens with one attached hydrogen (secondary N) is 2. The van der Waals surface area contributed by atoms with Crippen LogP contribution in [0.15, 0.2) is 54.7 Å². The number of aromatic nitrogens is 3. The lowest BCUT2D eigenvalue weighted by atomic mass is 10.1. The molecule has 0 spiro atoms. The Morgan fingerprint density at radius 2 is 1.96 bits per heavy atom. The van der Waals surface area contributed by atoms with Gasteiger partial charge in [-0.1, -0.05) is 18.2 Å². The zero-order chi connectivity index (χ0) is 18.4. The Labute approximate surface area is 152 Å². The van der Waals surface area contributed by atoms with Crippen LogP contribution in [0.25, 0.3) is 0 Å². The van der Waals surface area contributed by atoms with E-state index >= 15 is 0 Å². The summed E-state index contributed by atoms with van der Waals surface area (Å²) in [6.45, 7) is 0.534. The lowest BCUT2D eigenvalue weighted by molar-refractivity contribution is 0.0949. The fraction of sp³-hybridized carbons (Fsp3) is 0.211. The van der Waals surface area contributed by atoms with Crippen molar-refractivity contribution in [2.24, 2.45) is 7.05 Å². The molecule has 0 aliphatic heterocycles. The quantitative estimate of drug-likeness (QED) is 0.684. The first-order valence-corrected chi connectivity index (χ1v) is 8.29. The number of ether oxygens (including phenoxy) is 1. The van der Waals surface area contributed by atoms with Crippen molar-refractivity contribution in [3.63, 3.8) is 0 Å². The summed E-state index contributed by atoms with van der Waals surface area (Å²) in [5.41, 5.74) is 1.50. The normalized spacial score (nSPS) is 10.4. The summed E-state index contributed by atoms with van der Waals surface area (Å²) in [5, 5.41) is 10.1. The van der Waals surface area contributed by atoms with Crippen molar-refractivity contribution >= 4 is 17.5 Å². The van der Waals surface area contributed by atoms with Crippen molar-refractivity contribution in [3.05, 3.63) is 66.0 Å². The van der Waals surface area contributed by atoms with E-state index < -0.39 is 0 Å². The van der Waals surface area contributed by atoms with E-state index in [4.69, 9.17) is 4.74 Å². The molecule has 0 radical (unpaired) electrons. The van der Waals surface area contributed by atoms with Gasteiger partial charge in [0.15, 0.2) is 0 Å². The number of carbonyl (C=O) groups excluding carboxylic acids is 1. The van der Waals surface area contributed by atoms with Crippen molar-refractivity contribution in [2.75, 3.05) is 19.0 Å². The Hall–Kier alpha value is -3.35. The minimum atomic E-state index is -0.202. The molecule has 0 unspecified atom stereocenters. The molecule has 134 valence electrons. The summed E-state index contributed by atoms with van der Waals surface area (Å²) < 4.78 is 6.83. The molecule has 3 aromatic rings. The van der Waals surface area contributed by atoms with Crippen LogP contribution in [0.4, 0.5) is 11.6 Å². The second-order valence-corrected chi connectivity index (χ2v) is 5.73. The van der Waals surface area contributed by atoms with Crippen LogP contribution >= 0.6 is 0 Å². The van der Waals surface area contributed by atoms with Crippen LogP contribution in [-0.4, -0.2) is 34.3 Å². The maximum absolute atomic E-state index is 12.3. The zero-order valence-electron chi connectivity index (χ0n) is 14.8. The van der Waals surface area contributed by atoms with Gasteiger partial charge in [0.25, 0.3) is 5.91 Å². The van der Waals surface area contributed by atoms with Gasteiger partial charge in [-0.15, -0.1) is 0 Å². The topological polar surface area (TPSA) is 81.1 Å². The molecule has 7 heteroatoms. The predicted octanol–water partition coefficient (Wildman–Crippen LogP) is 2.54. The molecule has 0 saturated carbocycles. The molecule has 1 amide bonds. The van der Waals surface area contributed by atoms with E-state index in [1.54, 1.807) is 36.2 Å². The van der Waals surface area contributed by atoms with Gasteiger partial charge in [0.1, 0.15) is 23.1 Å². The van der Waals surface area contributed by atoms with Crippen LogP contribution in [0, 0.1) is 0 Å². The van der Waals surface area contributed by atoms with Crippen LogP contribution < -0.4 is 15.4 Å². The van der Waals surface area contributed by atoms with Crippen LogP contribution in [0.1, 0.15) is 16.1 Å². The third-order valence-corrected chi connectivity index (χ3v) is 3.92. The van der Waals surface area contributed by atoms with Gasteiger partial charge in [-0.3, -0.25) is 9.48 Å². The van der Waals surface area contributed by atoms with Crippen LogP contribution in [0.5, 0.6) is 5.75 Å². The summed E-state index contributed by atoms with van der Waals surface area (Å²) in [5.74, 6) is 2.01. The minimum Gasteiger partial charge on any atom is -0.497 e. The van der Waals surface area contributed by atoms with E-state index in [9.17, 15) is 4.79 Å². The first kappa shape index (κ1) is 17.5. The molecule has 0 aliphatic carbocycles. The van der Waals surface area contributed by atoms with Crippen LogP contribution in [0.3, 0.4) is 0 Å². The van der Waals surface area contributed by atoms with Gasteiger partial charge >= 0.3 is 0 Å². The molecule has 0 saturated heterocycles. The van der Waals surface area contributed by atoms with E-state index in [2.05, 4.69) is 20.7 Å². The van der Waals surface area contributed by atoms with Gasteiger partial charge in [-0.05, 0) is 36.2 Å². The highest BCUT2D eigenvalue weighted by molar-refractivity contribution is 5.92. The largest absolute Gasteiger partial charge is 0.497 e. The summed E-state index contributed by atoms with van der Waals surface area (Å²) in [6.07, 6.45) is 2.43. The van der Waals surface area contributed by atoms with Crippen molar-refractivity contribution < 1.29 is 9.53 Å². The predicted molar refractivity (Wildman–Crippen MR) is 99.8 cm³/mol. The average Bonchev–Trinajstić information content (AvgIpc) is 3.07. The number of aryl methyl sites for hydroxylation is 1. The average molecular weight is 351 g/mol. The molecule has 26 heavy (non-hydrogen) atoms. The van der Waals surface area contributed by atoms with E-state index in [-0.39, 0.29) is 5.91 Å². The number of pyridine rings is 1. The number of nitrogens with zero attached hydrogens (tertiary/aromatic N) is 3. The van der Waals surface area contributed by atoms with Gasteiger partial charge in [-0.25, -0.2) is 4.98 Å². The lowest BCUT2D eigenvalue weighted by Crippen LogP contribution is -2.26. The SMILES string of the molecule is COc1ccc(CCNC(=O)c2cccc(Nc3ccnn3C)n2)cc1. The van der Waals surface area contributed by atoms with Gasteiger partial charge in [-0.2, -0.15) is 5.10 Å². The molecule has 2 aromatic heterocycles. The van der Waals surface area contributed by atoms with Crippen LogP contribution in [0.2, 0.25) is 0 Å². The number of benzene rings is 1. The molecule has 0 aliphatic rings. The number of hydrogen-bond donors (Lipinski definition) is 2. The first-order valence-electron chi connectivity index (χ1n) is 8.29. The van der Waals surface area contributed by atoms with Crippen molar-refractivity contribution in [2.45, 2.75) is 6.42 Å². The summed E-state index contributed by atoms with van der Waals surface area (Å²) in [6, 6.07) is 14.9. The molecular weight excluding hydrogens is 330 g/mol. The Morgan fingerprint density at radius 3 is 2.65 bits per heavy atom. The summed E-state index contributed by atoms with van der Waals surface area (Å²) in [7, 11) is 3.47. The number of methoxy groups -OCH3 is 1. The molecule has 2 N–H and O–H groups in total. The highest BCUT2D eigenvalue weighted by Gasteiger charge is 2.08. The van der Waals surface area contributed by atoms with Gasteiger partial charge in [0.2, 0.25) is 0 Å². The standard InChI is InChI=1S/C19H21N5O2/c1-24-18(11-13-21-24)23-17-5-3-4-16(22-17)19(25)20-12-10-14-6-8-15(26-2)9-7-14/h3-9,11,13H,10,12H2,1-2H3,(H,20,25)(H,22,23). The monoisotopic (exact) mass is 351 g/mol. The van der Waals surface area contributed by atoms with Crippen LogP contribution in [-0.2, 0) is 13.5 Å². The fourth-order valence-electron chi connectivity index (χ4n) is 2.46. The Kier molecular flexibility index (Phi) is 5.48. The third kappa shape index (κ3) is 4.38. The molecule has 7 nitrogen and oxygen atoms in total. The summed E-state index contributed by atoms with van der Waals surface area (Å²) in [4.78, 5) is 16.7.